The predicted molar refractivity (Wildman–Crippen MR) is 115 cm³/mol. The molecule has 0 unspecified atom stereocenters. The lowest BCUT2D eigenvalue weighted by Crippen LogP contribution is -2.14. The van der Waals surface area contributed by atoms with Gasteiger partial charge in [0.05, 0.1) is 12.1 Å². The summed E-state index contributed by atoms with van der Waals surface area (Å²) in [6, 6.07) is 17.7. The maximum atomic E-state index is 12.3. The van der Waals surface area contributed by atoms with E-state index in [2.05, 4.69) is 20.5 Å². The molecule has 2 heterocycles. The van der Waals surface area contributed by atoms with Crippen molar-refractivity contribution in [3.8, 4) is 16.3 Å². The molecule has 8 heteroatoms. The van der Waals surface area contributed by atoms with Crippen LogP contribution in [0.25, 0.3) is 10.6 Å². The van der Waals surface area contributed by atoms with Crippen LogP contribution in [0.3, 0.4) is 0 Å². The lowest BCUT2D eigenvalue weighted by atomic mass is 10.2. The number of carbonyl (C=O) groups excluding carboxylic acids is 1. The van der Waals surface area contributed by atoms with Crippen LogP contribution in [-0.2, 0) is 17.8 Å². The second-order valence-corrected chi connectivity index (χ2v) is 8.26. The molecule has 0 atom stereocenters. The lowest BCUT2D eigenvalue weighted by Gasteiger charge is -2.03. The van der Waals surface area contributed by atoms with Crippen molar-refractivity contribution in [2.75, 3.05) is 5.32 Å². The Morgan fingerprint density at radius 1 is 1.10 bits per heavy atom. The van der Waals surface area contributed by atoms with Gasteiger partial charge in [-0.1, -0.05) is 53.8 Å². The maximum Gasteiger partial charge on any atom is 0.232 e. The second kappa shape index (κ2) is 8.93. The van der Waals surface area contributed by atoms with Gasteiger partial charge in [0.25, 0.3) is 0 Å². The summed E-state index contributed by atoms with van der Waals surface area (Å²) in [4.78, 5) is 16.9. The number of amides is 1. The summed E-state index contributed by atoms with van der Waals surface area (Å²) in [5, 5.41) is 14.8. The average molecular weight is 423 g/mol. The summed E-state index contributed by atoms with van der Waals surface area (Å²) in [5.74, 6) is 0.612. The first-order chi connectivity index (χ1) is 14.2. The molecule has 4 rings (SSSR count). The van der Waals surface area contributed by atoms with Crippen molar-refractivity contribution in [2.24, 2.45) is 0 Å². The van der Waals surface area contributed by atoms with Gasteiger partial charge in [-0.25, -0.2) is 4.98 Å². The highest BCUT2D eigenvalue weighted by Gasteiger charge is 2.12. The molecule has 146 valence electrons. The number of anilines is 1. The summed E-state index contributed by atoms with van der Waals surface area (Å²) in [6.07, 6.45) is 0.192. The van der Waals surface area contributed by atoms with Gasteiger partial charge >= 0.3 is 0 Å². The average Bonchev–Trinajstić information content (AvgIpc) is 3.37. The van der Waals surface area contributed by atoms with Gasteiger partial charge in [0.15, 0.2) is 5.01 Å². The Hall–Kier alpha value is -3.10. The van der Waals surface area contributed by atoms with Crippen LogP contribution < -0.4 is 10.1 Å². The standard InChI is InChI=1S/C21H18N4O2S2/c1-14-6-5-9-17(10-14)27-12-19-24-25-21(29-19)23-18(26)11-16-13-28-20(22-16)15-7-3-2-4-8-15/h2-10,13H,11-12H2,1H3,(H,23,25,26). The molecule has 4 aromatic rings. The number of nitrogens with one attached hydrogen (secondary N) is 1. The zero-order valence-electron chi connectivity index (χ0n) is 15.7. The highest BCUT2D eigenvalue weighted by molar-refractivity contribution is 7.15. The smallest absolute Gasteiger partial charge is 0.232 e. The van der Waals surface area contributed by atoms with Crippen molar-refractivity contribution < 1.29 is 9.53 Å². The summed E-state index contributed by atoms with van der Waals surface area (Å²) >= 11 is 2.83. The molecule has 0 bridgehead atoms. The van der Waals surface area contributed by atoms with E-state index in [1.165, 1.54) is 22.7 Å². The van der Waals surface area contributed by atoms with E-state index in [0.29, 0.717) is 16.7 Å². The normalized spacial score (nSPS) is 10.7. The molecule has 2 aromatic heterocycles. The number of carbonyl (C=O) groups is 1. The van der Waals surface area contributed by atoms with E-state index in [1.807, 2.05) is 66.9 Å². The van der Waals surface area contributed by atoms with Gasteiger partial charge in [0.2, 0.25) is 11.0 Å². The lowest BCUT2D eigenvalue weighted by molar-refractivity contribution is -0.115. The number of benzene rings is 2. The minimum Gasteiger partial charge on any atom is -0.486 e. The number of rotatable bonds is 7. The summed E-state index contributed by atoms with van der Waals surface area (Å²) in [5.41, 5.74) is 2.91. The highest BCUT2D eigenvalue weighted by atomic mass is 32.1. The molecule has 29 heavy (non-hydrogen) atoms. The first kappa shape index (κ1) is 19.2. The SMILES string of the molecule is Cc1cccc(OCc2nnc(NC(=O)Cc3csc(-c4ccccc4)n3)s2)c1. The predicted octanol–water partition coefficient (Wildman–Crippen LogP) is 4.73. The second-order valence-electron chi connectivity index (χ2n) is 6.34. The van der Waals surface area contributed by atoms with Crippen LogP contribution in [0.15, 0.2) is 60.0 Å². The van der Waals surface area contributed by atoms with Gasteiger partial charge in [-0.2, -0.15) is 0 Å². The Morgan fingerprint density at radius 3 is 2.79 bits per heavy atom. The number of hydrogen-bond acceptors (Lipinski definition) is 7. The van der Waals surface area contributed by atoms with E-state index in [-0.39, 0.29) is 12.3 Å². The van der Waals surface area contributed by atoms with E-state index in [1.54, 1.807) is 0 Å². The molecule has 0 fully saturated rings. The minimum absolute atomic E-state index is 0.169. The van der Waals surface area contributed by atoms with Crippen LogP contribution in [0.4, 0.5) is 5.13 Å². The van der Waals surface area contributed by atoms with E-state index in [4.69, 9.17) is 4.74 Å². The number of ether oxygens (including phenoxy) is 1. The fourth-order valence-corrected chi connectivity index (χ4v) is 4.14. The number of thiazole rings is 1. The number of aromatic nitrogens is 3. The highest BCUT2D eigenvalue weighted by Crippen LogP contribution is 2.24. The van der Waals surface area contributed by atoms with Crippen LogP contribution in [-0.4, -0.2) is 21.1 Å². The third-order valence-corrected chi connectivity index (χ3v) is 5.73. The van der Waals surface area contributed by atoms with Crippen LogP contribution in [0.2, 0.25) is 0 Å². The molecule has 0 aliphatic heterocycles. The first-order valence-electron chi connectivity index (χ1n) is 8.97. The quantitative estimate of drug-likeness (QED) is 0.466. The number of aryl methyl sites for hydroxylation is 1. The zero-order valence-corrected chi connectivity index (χ0v) is 17.3. The largest absolute Gasteiger partial charge is 0.486 e. The van der Waals surface area contributed by atoms with E-state index in [0.717, 1.165) is 27.6 Å². The molecular formula is C21H18N4O2S2. The molecule has 6 nitrogen and oxygen atoms in total. The van der Waals surface area contributed by atoms with Crippen molar-refractivity contribution in [1.82, 2.24) is 15.2 Å². The van der Waals surface area contributed by atoms with Crippen molar-refractivity contribution >= 4 is 33.7 Å². The third kappa shape index (κ3) is 5.24. The molecule has 0 aliphatic carbocycles. The molecule has 1 amide bonds. The Balaban J connectivity index is 1.31. The summed E-state index contributed by atoms with van der Waals surface area (Å²) < 4.78 is 5.72. The molecule has 0 aliphatic rings. The topological polar surface area (TPSA) is 77.0 Å². The van der Waals surface area contributed by atoms with Crippen molar-refractivity contribution in [3.63, 3.8) is 0 Å². The van der Waals surface area contributed by atoms with Crippen LogP contribution in [0, 0.1) is 6.92 Å². The first-order valence-corrected chi connectivity index (χ1v) is 10.7. The molecule has 0 saturated heterocycles. The third-order valence-electron chi connectivity index (χ3n) is 3.98. The Morgan fingerprint density at radius 2 is 1.97 bits per heavy atom. The van der Waals surface area contributed by atoms with Crippen molar-refractivity contribution in [2.45, 2.75) is 20.0 Å². The van der Waals surface area contributed by atoms with E-state index in [9.17, 15) is 4.79 Å². The van der Waals surface area contributed by atoms with Gasteiger partial charge < -0.3 is 10.1 Å². The fourth-order valence-electron chi connectivity index (χ4n) is 2.64. The number of nitrogens with zero attached hydrogens (tertiary/aromatic N) is 3. The van der Waals surface area contributed by atoms with Gasteiger partial charge in [-0.3, -0.25) is 4.79 Å². The Kier molecular flexibility index (Phi) is 5.92. The molecule has 0 saturated carbocycles. The van der Waals surface area contributed by atoms with Crippen molar-refractivity contribution in [3.05, 3.63) is 76.2 Å². The maximum absolute atomic E-state index is 12.3. The van der Waals surface area contributed by atoms with E-state index < -0.39 is 0 Å². The Labute approximate surface area is 176 Å². The van der Waals surface area contributed by atoms with Crippen LogP contribution in [0.1, 0.15) is 16.3 Å². The monoisotopic (exact) mass is 422 g/mol. The zero-order chi connectivity index (χ0) is 20.1. The molecule has 1 N–H and O–H groups in total. The molecule has 0 radical (unpaired) electrons. The van der Waals surface area contributed by atoms with Gasteiger partial charge in [0.1, 0.15) is 17.4 Å². The molecule has 0 spiro atoms. The molecule has 2 aromatic carbocycles. The van der Waals surface area contributed by atoms with E-state index >= 15 is 0 Å². The van der Waals surface area contributed by atoms with Gasteiger partial charge in [-0.05, 0) is 24.6 Å². The van der Waals surface area contributed by atoms with Gasteiger partial charge in [-0.15, -0.1) is 21.5 Å². The minimum atomic E-state index is -0.169. The van der Waals surface area contributed by atoms with Crippen LogP contribution >= 0.6 is 22.7 Å². The molecular weight excluding hydrogens is 404 g/mol. The summed E-state index contributed by atoms with van der Waals surface area (Å²) in [7, 11) is 0. The summed E-state index contributed by atoms with van der Waals surface area (Å²) in [6.45, 7) is 2.32. The van der Waals surface area contributed by atoms with Gasteiger partial charge in [0, 0.05) is 10.9 Å². The van der Waals surface area contributed by atoms with Crippen LogP contribution in [0.5, 0.6) is 5.75 Å². The number of hydrogen-bond donors (Lipinski definition) is 1. The fraction of sp³-hybridized carbons (Fsp3) is 0.143. The van der Waals surface area contributed by atoms with Crippen molar-refractivity contribution in [1.29, 1.82) is 0 Å². The Bertz CT molecular complexity index is 1110.